The molecule has 1 rings (SSSR count). The van der Waals surface area contributed by atoms with Crippen LogP contribution in [0.25, 0.3) is 0 Å². The second-order valence-electron chi connectivity index (χ2n) is 6.44. The Morgan fingerprint density at radius 2 is 1.71 bits per heavy atom. The van der Waals surface area contributed by atoms with Crippen molar-refractivity contribution in [3.05, 3.63) is 34.9 Å². The van der Waals surface area contributed by atoms with E-state index in [-0.39, 0.29) is 30.4 Å². The quantitative estimate of drug-likeness (QED) is 0.714. The lowest BCUT2D eigenvalue weighted by Gasteiger charge is -2.19. The fourth-order valence-electron chi connectivity index (χ4n) is 2.42. The lowest BCUT2D eigenvalue weighted by Crippen LogP contribution is -2.42. The molecule has 0 fully saturated rings. The largest absolute Gasteiger partial charge is 0.480 e. The summed E-state index contributed by atoms with van der Waals surface area (Å²) in [5.41, 5.74) is 0.840. The van der Waals surface area contributed by atoms with E-state index < -0.39 is 17.9 Å². The van der Waals surface area contributed by atoms with Crippen molar-refractivity contribution in [1.29, 1.82) is 0 Å². The summed E-state index contributed by atoms with van der Waals surface area (Å²) < 4.78 is 0. The Kier molecular flexibility index (Phi) is 7.92. The maximum atomic E-state index is 12.3. The molecule has 0 saturated heterocycles. The number of hydrogen-bond donors (Lipinski definition) is 2. The molecule has 5 nitrogen and oxygen atoms in total. The number of carboxylic acids is 1. The van der Waals surface area contributed by atoms with E-state index in [1.165, 1.54) is 6.92 Å². The Bertz CT molecular complexity index is 583. The van der Waals surface area contributed by atoms with Crippen LogP contribution < -0.4 is 5.32 Å². The number of benzene rings is 1. The fraction of sp³-hybridized carbons (Fsp3) is 0.500. The van der Waals surface area contributed by atoms with Gasteiger partial charge < -0.3 is 10.4 Å². The van der Waals surface area contributed by atoms with Crippen molar-refractivity contribution >= 4 is 29.3 Å². The van der Waals surface area contributed by atoms with Gasteiger partial charge in [-0.2, -0.15) is 0 Å². The first kappa shape index (κ1) is 20.2. The van der Waals surface area contributed by atoms with Crippen molar-refractivity contribution in [2.75, 3.05) is 0 Å². The van der Waals surface area contributed by atoms with E-state index in [1.807, 2.05) is 13.8 Å². The minimum Gasteiger partial charge on any atom is -0.480 e. The third-order valence-corrected chi connectivity index (χ3v) is 3.90. The SMILES string of the molecule is CC(C)CC(CC(=O)Cc1ccc(Cl)cc1)C(=O)NC(C)C(=O)O. The molecule has 0 saturated carbocycles. The van der Waals surface area contributed by atoms with Crippen molar-refractivity contribution in [3.63, 3.8) is 0 Å². The molecule has 0 radical (unpaired) electrons. The summed E-state index contributed by atoms with van der Waals surface area (Å²) in [5.74, 6) is -1.83. The van der Waals surface area contributed by atoms with Gasteiger partial charge in [0.2, 0.25) is 5.91 Å². The van der Waals surface area contributed by atoms with Gasteiger partial charge in [0.05, 0.1) is 0 Å². The van der Waals surface area contributed by atoms with Crippen molar-refractivity contribution in [2.45, 2.75) is 46.1 Å². The molecule has 0 aliphatic rings. The van der Waals surface area contributed by atoms with Gasteiger partial charge in [-0.25, -0.2) is 0 Å². The zero-order valence-electron chi connectivity index (χ0n) is 14.2. The molecule has 2 N–H and O–H groups in total. The molecule has 0 bridgehead atoms. The first-order valence-electron chi connectivity index (χ1n) is 7.98. The number of nitrogens with one attached hydrogen (secondary N) is 1. The van der Waals surface area contributed by atoms with Crippen LogP contribution in [0.15, 0.2) is 24.3 Å². The molecule has 0 spiro atoms. The highest BCUT2D eigenvalue weighted by atomic mass is 35.5. The highest BCUT2D eigenvalue weighted by Crippen LogP contribution is 2.18. The summed E-state index contributed by atoms with van der Waals surface area (Å²) >= 11 is 5.82. The van der Waals surface area contributed by atoms with Gasteiger partial charge in [0.25, 0.3) is 0 Å². The Balaban J connectivity index is 2.70. The monoisotopic (exact) mass is 353 g/mol. The van der Waals surface area contributed by atoms with Gasteiger partial charge >= 0.3 is 5.97 Å². The smallest absolute Gasteiger partial charge is 0.325 e. The zero-order valence-corrected chi connectivity index (χ0v) is 15.0. The van der Waals surface area contributed by atoms with E-state index in [1.54, 1.807) is 24.3 Å². The van der Waals surface area contributed by atoms with E-state index in [9.17, 15) is 14.4 Å². The lowest BCUT2D eigenvalue weighted by atomic mass is 9.90. The maximum absolute atomic E-state index is 12.3. The van der Waals surface area contributed by atoms with E-state index in [2.05, 4.69) is 5.32 Å². The van der Waals surface area contributed by atoms with Crippen molar-refractivity contribution in [1.82, 2.24) is 5.32 Å². The summed E-state index contributed by atoms with van der Waals surface area (Å²) in [7, 11) is 0. The highest BCUT2D eigenvalue weighted by molar-refractivity contribution is 6.30. The topological polar surface area (TPSA) is 83.5 Å². The highest BCUT2D eigenvalue weighted by Gasteiger charge is 2.25. The Hall–Kier alpha value is -1.88. The molecule has 0 aliphatic heterocycles. The number of rotatable bonds is 9. The normalized spacial score (nSPS) is 13.4. The molecular formula is C18H24ClNO4. The van der Waals surface area contributed by atoms with Gasteiger partial charge in [-0.15, -0.1) is 0 Å². The summed E-state index contributed by atoms with van der Waals surface area (Å²) in [4.78, 5) is 35.4. The fourth-order valence-corrected chi connectivity index (χ4v) is 2.55. The number of aliphatic carboxylic acids is 1. The summed E-state index contributed by atoms with van der Waals surface area (Å²) in [6.45, 7) is 5.33. The molecule has 0 aliphatic carbocycles. The van der Waals surface area contributed by atoms with Gasteiger partial charge in [0, 0.05) is 23.8 Å². The summed E-state index contributed by atoms with van der Waals surface area (Å²) in [6.07, 6.45) is 0.858. The van der Waals surface area contributed by atoms with Crippen LogP contribution in [0.1, 0.15) is 39.2 Å². The number of ketones is 1. The minimum absolute atomic E-state index is 0.0545. The number of amides is 1. The van der Waals surface area contributed by atoms with Crippen LogP contribution >= 0.6 is 11.6 Å². The summed E-state index contributed by atoms with van der Waals surface area (Å²) in [6, 6.07) is 6.03. The average Bonchev–Trinajstić information content (AvgIpc) is 2.48. The van der Waals surface area contributed by atoms with Crippen LogP contribution in [0.2, 0.25) is 5.02 Å². The first-order valence-corrected chi connectivity index (χ1v) is 8.36. The molecule has 0 aromatic heterocycles. The van der Waals surface area contributed by atoms with Crippen LogP contribution in [-0.4, -0.2) is 28.8 Å². The predicted octanol–water partition coefficient (Wildman–Crippen LogP) is 3.09. The maximum Gasteiger partial charge on any atom is 0.325 e. The molecule has 1 aromatic carbocycles. The first-order chi connectivity index (χ1) is 11.2. The average molecular weight is 354 g/mol. The van der Waals surface area contributed by atoms with E-state index in [4.69, 9.17) is 16.7 Å². The van der Waals surface area contributed by atoms with E-state index in [0.717, 1.165) is 5.56 Å². The Morgan fingerprint density at radius 1 is 1.12 bits per heavy atom. The predicted molar refractivity (Wildman–Crippen MR) is 93.0 cm³/mol. The third kappa shape index (κ3) is 7.13. The molecule has 24 heavy (non-hydrogen) atoms. The van der Waals surface area contributed by atoms with Crippen molar-refractivity contribution in [3.8, 4) is 0 Å². The second kappa shape index (κ2) is 9.42. The van der Waals surface area contributed by atoms with Crippen molar-refractivity contribution in [2.24, 2.45) is 11.8 Å². The van der Waals surface area contributed by atoms with Gasteiger partial charge in [-0.05, 0) is 37.0 Å². The number of halogens is 1. The van der Waals surface area contributed by atoms with Crippen LogP contribution in [0, 0.1) is 11.8 Å². The van der Waals surface area contributed by atoms with Crippen LogP contribution in [0.5, 0.6) is 0 Å². The molecular weight excluding hydrogens is 330 g/mol. The van der Waals surface area contributed by atoms with E-state index in [0.29, 0.717) is 11.4 Å². The Morgan fingerprint density at radius 3 is 2.21 bits per heavy atom. The van der Waals surface area contributed by atoms with Gasteiger partial charge in [0.15, 0.2) is 0 Å². The number of hydrogen-bond acceptors (Lipinski definition) is 3. The van der Waals surface area contributed by atoms with Crippen LogP contribution in [0.4, 0.5) is 0 Å². The molecule has 2 unspecified atom stereocenters. The standard InChI is InChI=1S/C18H24ClNO4/c1-11(2)8-14(17(22)20-12(3)18(23)24)10-16(21)9-13-4-6-15(19)7-5-13/h4-7,11-12,14H,8-10H2,1-3H3,(H,20,22)(H,23,24). The zero-order chi connectivity index (χ0) is 18.3. The third-order valence-electron chi connectivity index (χ3n) is 3.64. The number of Topliss-reactive ketones (excluding diaryl/α,β-unsaturated/α-hetero) is 1. The number of carbonyl (C=O) groups excluding carboxylic acids is 2. The van der Waals surface area contributed by atoms with E-state index >= 15 is 0 Å². The minimum atomic E-state index is -1.10. The number of carbonyl (C=O) groups is 3. The molecule has 132 valence electrons. The molecule has 1 amide bonds. The molecule has 0 heterocycles. The van der Waals surface area contributed by atoms with Gasteiger partial charge in [0.1, 0.15) is 11.8 Å². The summed E-state index contributed by atoms with van der Waals surface area (Å²) in [5, 5.41) is 12.0. The van der Waals surface area contributed by atoms with Crippen molar-refractivity contribution < 1.29 is 19.5 Å². The molecule has 2 atom stereocenters. The molecule has 6 heteroatoms. The Labute approximate surface area is 147 Å². The van der Waals surface area contributed by atoms with Crippen LogP contribution in [0.3, 0.4) is 0 Å². The number of carboxylic acid groups (broad SMARTS) is 1. The van der Waals surface area contributed by atoms with Gasteiger partial charge in [-0.3, -0.25) is 14.4 Å². The molecule has 1 aromatic rings. The van der Waals surface area contributed by atoms with Crippen LogP contribution in [-0.2, 0) is 20.8 Å². The van der Waals surface area contributed by atoms with Gasteiger partial charge in [-0.1, -0.05) is 37.6 Å². The second-order valence-corrected chi connectivity index (χ2v) is 6.88. The lowest BCUT2D eigenvalue weighted by molar-refractivity contribution is -0.142.